The minimum atomic E-state index is 0.853. The predicted octanol–water partition coefficient (Wildman–Crippen LogP) is 3.50. The number of aromatic nitrogens is 2. The number of rotatable bonds is 3. The van der Waals surface area contributed by atoms with Gasteiger partial charge in [-0.25, -0.2) is 4.98 Å². The van der Waals surface area contributed by atoms with Crippen molar-refractivity contribution >= 4 is 16.5 Å². The minimum Gasteiger partial charge on any atom is -0.388 e. The van der Waals surface area contributed by atoms with Crippen LogP contribution in [0.15, 0.2) is 42.7 Å². The Kier molecular flexibility index (Phi) is 2.95. The zero-order chi connectivity index (χ0) is 13.2. The van der Waals surface area contributed by atoms with E-state index in [-0.39, 0.29) is 0 Å². The van der Waals surface area contributed by atoms with Gasteiger partial charge >= 0.3 is 0 Å². The number of H-pyrrole nitrogens is 1. The first-order valence-corrected chi connectivity index (χ1v) is 6.46. The molecule has 0 aliphatic rings. The van der Waals surface area contributed by atoms with Gasteiger partial charge in [0.1, 0.15) is 0 Å². The second-order valence-electron chi connectivity index (χ2n) is 4.76. The molecule has 0 bridgehead atoms. The summed E-state index contributed by atoms with van der Waals surface area (Å²) in [6.07, 6.45) is 2.61. The van der Waals surface area contributed by atoms with Crippen molar-refractivity contribution in [1.29, 1.82) is 0 Å². The lowest BCUT2D eigenvalue weighted by Gasteiger charge is -2.09. The zero-order valence-electron chi connectivity index (χ0n) is 11.2. The average molecular weight is 251 g/mol. The summed E-state index contributed by atoms with van der Waals surface area (Å²) < 4.78 is 0. The van der Waals surface area contributed by atoms with E-state index in [0.717, 1.165) is 23.5 Å². The topological polar surface area (TPSA) is 40.7 Å². The van der Waals surface area contributed by atoms with Crippen molar-refractivity contribution in [1.82, 2.24) is 9.97 Å². The van der Waals surface area contributed by atoms with Gasteiger partial charge in [-0.05, 0) is 35.4 Å². The Bertz CT molecular complexity index is 713. The lowest BCUT2D eigenvalue weighted by molar-refractivity contribution is 1.09. The standard InChI is InChI=1S/C16H17N3/c1-11-16(19-10-18-11)9-13-8-14(17-2)7-12-5-3-4-6-15(12)13/h3-8,10,17H,9H2,1-2H3,(H,18,19). The van der Waals surface area contributed by atoms with Crippen molar-refractivity contribution in [2.45, 2.75) is 13.3 Å². The highest BCUT2D eigenvalue weighted by atomic mass is 14.9. The third-order valence-electron chi connectivity index (χ3n) is 3.53. The van der Waals surface area contributed by atoms with Crippen molar-refractivity contribution < 1.29 is 0 Å². The Morgan fingerprint density at radius 1 is 1.21 bits per heavy atom. The van der Waals surface area contributed by atoms with Crippen LogP contribution in [0.5, 0.6) is 0 Å². The van der Waals surface area contributed by atoms with Gasteiger partial charge in [0, 0.05) is 24.8 Å². The van der Waals surface area contributed by atoms with Gasteiger partial charge in [0.2, 0.25) is 0 Å². The maximum atomic E-state index is 4.40. The summed E-state index contributed by atoms with van der Waals surface area (Å²) in [4.78, 5) is 7.54. The van der Waals surface area contributed by atoms with Crippen molar-refractivity contribution in [2.75, 3.05) is 12.4 Å². The fourth-order valence-electron chi connectivity index (χ4n) is 2.43. The zero-order valence-corrected chi connectivity index (χ0v) is 11.2. The molecule has 0 saturated carbocycles. The van der Waals surface area contributed by atoms with E-state index < -0.39 is 0 Å². The van der Waals surface area contributed by atoms with Crippen molar-refractivity contribution in [2.24, 2.45) is 0 Å². The highest BCUT2D eigenvalue weighted by Crippen LogP contribution is 2.26. The fourth-order valence-corrected chi connectivity index (χ4v) is 2.43. The summed E-state index contributed by atoms with van der Waals surface area (Å²) in [5.41, 5.74) is 4.69. The summed E-state index contributed by atoms with van der Waals surface area (Å²) in [6, 6.07) is 12.9. The van der Waals surface area contributed by atoms with E-state index in [9.17, 15) is 0 Å². The van der Waals surface area contributed by atoms with E-state index in [0.29, 0.717) is 0 Å². The molecular weight excluding hydrogens is 234 g/mol. The van der Waals surface area contributed by atoms with Crippen LogP contribution in [0.3, 0.4) is 0 Å². The number of aromatic amines is 1. The largest absolute Gasteiger partial charge is 0.388 e. The van der Waals surface area contributed by atoms with Crippen LogP contribution in [-0.2, 0) is 6.42 Å². The van der Waals surface area contributed by atoms with Gasteiger partial charge in [0.25, 0.3) is 0 Å². The molecular formula is C16H17N3. The van der Waals surface area contributed by atoms with Crippen LogP contribution in [0.1, 0.15) is 17.0 Å². The third kappa shape index (κ3) is 2.19. The quantitative estimate of drug-likeness (QED) is 0.748. The average Bonchev–Trinajstić information content (AvgIpc) is 2.84. The van der Waals surface area contributed by atoms with Crippen molar-refractivity contribution in [3.63, 3.8) is 0 Å². The van der Waals surface area contributed by atoms with E-state index in [1.807, 2.05) is 7.05 Å². The van der Waals surface area contributed by atoms with E-state index in [1.165, 1.54) is 16.3 Å². The molecule has 2 aromatic carbocycles. The molecule has 2 N–H and O–H groups in total. The van der Waals surface area contributed by atoms with E-state index in [1.54, 1.807) is 6.33 Å². The molecule has 0 atom stereocenters. The summed E-state index contributed by atoms with van der Waals surface area (Å²) in [6.45, 7) is 2.06. The molecule has 0 fully saturated rings. The number of aryl methyl sites for hydroxylation is 1. The molecule has 19 heavy (non-hydrogen) atoms. The number of hydrogen-bond acceptors (Lipinski definition) is 2. The molecule has 3 aromatic rings. The van der Waals surface area contributed by atoms with Gasteiger partial charge in [-0.15, -0.1) is 0 Å². The molecule has 96 valence electrons. The fraction of sp³-hybridized carbons (Fsp3) is 0.188. The number of benzene rings is 2. The first-order chi connectivity index (χ1) is 9.28. The molecule has 0 aliphatic heterocycles. The first kappa shape index (κ1) is 11.8. The van der Waals surface area contributed by atoms with Gasteiger partial charge in [0.15, 0.2) is 0 Å². The number of hydrogen-bond donors (Lipinski definition) is 2. The molecule has 1 heterocycles. The minimum absolute atomic E-state index is 0.853. The molecule has 0 amide bonds. The summed E-state index contributed by atoms with van der Waals surface area (Å²) in [5.74, 6) is 0. The van der Waals surface area contributed by atoms with Crippen LogP contribution < -0.4 is 5.32 Å². The van der Waals surface area contributed by atoms with Crippen LogP contribution in [0, 0.1) is 6.92 Å². The SMILES string of the molecule is CNc1cc(Cc2nc[nH]c2C)c2ccccc2c1. The lowest BCUT2D eigenvalue weighted by Crippen LogP contribution is -1.96. The van der Waals surface area contributed by atoms with Gasteiger partial charge in [0.05, 0.1) is 12.0 Å². The normalized spacial score (nSPS) is 10.8. The third-order valence-corrected chi connectivity index (χ3v) is 3.53. The van der Waals surface area contributed by atoms with Crippen LogP contribution in [-0.4, -0.2) is 17.0 Å². The van der Waals surface area contributed by atoms with Crippen molar-refractivity contribution in [3.8, 4) is 0 Å². The molecule has 3 rings (SSSR count). The molecule has 0 unspecified atom stereocenters. The monoisotopic (exact) mass is 251 g/mol. The van der Waals surface area contributed by atoms with E-state index in [4.69, 9.17) is 0 Å². The Labute approximate surface area is 112 Å². The second kappa shape index (κ2) is 4.76. The van der Waals surface area contributed by atoms with Crippen molar-refractivity contribution in [3.05, 3.63) is 59.7 Å². The van der Waals surface area contributed by atoms with Crippen LogP contribution in [0.25, 0.3) is 10.8 Å². The highest BCUT2D eigenvalue weighted by Gasteiger charge is 2.07. The highest BCUT2D eigenvalue weighted by molar-refractivity contribution is 5.89. The van der Waals surface area contributed by atoms with Crippen LogP contribution in [0.4, 0.5) is 5.69 Å². The summed E-state index contributed by atoms with van der Waals surface area (Å²) in [5, 5.41) is 5.78. The second-order valence-corrected chi connectivity index (χ2v) is 4.76. The number of fused-ring (bicyclic) bond motifs is 1. The van der Waals surface area contributed by atoms with E-state index in [2.05, 4.69) is 58.6 Å². The number of imidazole rings is 1. The smallest absolute Gasteiger partial charge is 0.0925 e. The number of nitrogens with zero attached hydrogens (tertiary/aromatic N) is 1. The maximum Gasteiger partial charge on any atom is 0.0925 e. The van der Waals surface area contributed by atoms with Gasteiger partial charge in [-0.1, -0.05) is 24.3 Å². The maximum absolute atomic E-state index is 4.40. The molecule has 1 aromatic heterocycles. The Morgan fingerprint density at radius 3 is 2.79 bits per heavy atom. The Hall–Kier alpha value is -2.29. The molecule has 0 radical (unpaired) electrons. The Morgan fingerprint density at radius 2 is 2.05 bits per heavy atom. The van der Waals surface area contributed by atoms with E-state index >= 15 is 0 Å². The number of nitrogens with one attached hydrogen (secondary N) is 2. The molecule has 0 spiro atoms. The molecule has 3 nitrogen and oxygen atoms in total. The molecule has 0 saturated heterocycles. The summed E-state index contributed by atoms with van der Waals surface area (Å²) >= 11 is 0. The molecule has 3 heteroatoms. The van der Waals surface area contributed by atoms with Gasteiger partial charge in [-0.3, -0.25) is 0 Å². The van der Waals surface area contributed by atoms with Gasteiger partial charge in [-0.2, -0.15) is 0 Å². The van der Waals surface area contributed by atoms with Crippen LogP contribution >= 0.6 is 0 Å². The summed E-state index contributed by atoms with van der Waals surface area (Å²) in [7, 11) is 1.95. The number of anilines is 1. The van der Waals surface area contributed by atoms with Gasteiger partial charge < -0.3 is 10.3 Å². The lowest BCUT2D eigenvalue weighted by atomic mass is 9.99. The predicted molar refractivity (Wildman–Crippen MR) is 79.6 cm³/mol. The Balaban J connectivity index is 2.13. The molecule has 0 aliphatic carbocycles. The first-order valence-electron chi connectivity index (χ1n) is 6.46. The van der Waals surface area contributed by atoms with Crippen LogP contribution in [0.2, 0.25) is 0 Å².